The van der Waals surface area contributed by atoms with Gasteiger partial charge in [0.25, 0.3) is 0 Å². The van der Waals surface area contributed by atoms with Crippen molar-refractivity contribution in [2.24, 2.45) is 5.41 Å². The molecular formula is C9H16O2. The quantitative estimate of drug-likeness (QED) is 0.635. The van der Waals surface area contributed by atoms with Crippen LogP contribution in [-0.4, -0.2) is 11.1 Å². The van der Waals surface area contributed by atoms with Crippen LogP contribution in [0.15, 0.2) is 12.2 Å². The van der Waals surface area contributed by atoms with Crippen LogP contribution in [0.25, 0.3) is 0 Å². The normalized spacial score (nSPS) is 11.2. The van der Waals surface area contributed by atoms with E-state index in [0.717, 1.165) is 12.8 Å². The Hall–Kier alpha value is -0.790. The number of carboxylic acid groups (broad SMARTS) is 1. The van der Waals surface area contributed by atoms with Gasteiger partial charge in [0.05, 0.1) is 0 Å². The molecule has 0 aromatic heterocycles. The maximum atomic E-state index is 10.5. The molecule has 1 N–H and O–H groups in total. The van der Waals surface area contributed by atoms with E-state index in [1.165, 1.54) is 0 Å². The highest BCUT2D eigenvalue weighted by atomic mass is 16.4. The molecule has 2 nitrogen and oxygen atoms in total. The van der Waals surface area contributed by atoms with Gasteiger partial charge in [0.1, 0.15) is 0 Å². The van der Waals surface area contributed by atoms with E-state index >= 15 is 0 Å². The van der Waals surface area contributed by atoms with Gasteiger partial charge in [0, 0.05) is 5.57 Å². The summed E-state index contributed by atoms with van der Waals surface area (Å²) < 4.78 is 0. The zero-order valence-electron chi connectivity index (χ0n) is 7.48. The minimum absolute atomic E-state index is 0.263. The van der Waals surface area contributed by atoms with Crippen molar-refractivity contribution < 1.29 is 9.90 Å². The molecule has 0 bridgehead atoms. The van der Waals surface area contributed by atoms with Crippen LogP contribution < -0.4 is 0 Å². The summed E-state index contributed by atoms with van der Waals surface area (Å²) in [5.74, 6) is -0.886. The minimum Gasteiger partial charge on any atom is -0.478 e. The Bertz CT molecular complexity index is 168. The summed E-state index contributed by atoms with van der Waals surface area (Å²) in [4.78, 5) is 10.5. The van der Waals surface area contributed by atoms with Crippen molar-refractivity contribution in [2.45, 2.75) is 33.6 Å². The standard InChI is InChI=1S/C9H16O2/c1-5-6-9(3,4)7(2)8(10)11/h2,5-6H2,1,3-4H3,(H,10,11). The van der Waals surface area contributed by atoms with Crippen LogP contribution >= 0.6 is 0 Å². The first kappa shape index (κ1) is 10.2. The zero-order valence-corrected chi connectivity index (χ0v) is 7.48. The highest BCUT2D eigenvalue weighted by molar-refractivity contribution is 5.87. The van der Waals surface area contributed by atoms with Crippen LogP contribution in [0.2, 0.25) is 0 Å². The Morgan fingerprint density at radius 3 is 2.27 bits per heavy atom. The van der Waals surface area contributed by atoms with Crippen molar-refractivity contribution in [1.82, 2.24) is 0 Å². The van der Waals surface area contributed by atoms with Gasteiger partial charge in [-0.3, -0.25) is 0 Å². The van der Waals surface area contributed by atoms with Gasteiger partial charge in [-0.1, -0.05) is 33.8 Å². The van der Waals surface area contributed by atoms with Crippen molar-refractivity contribution in [2.75, 3.05) is 0 Å². The van der Waals surface area contributed by atoms with E-state index < -0.39 is 5.97 Å². The van der Waals surface area contributed by atoms with Gasteiger partial charge in [-0.2, -0.15) is 0 Å². The second-order valence-corrected chi connectivity index (χ2v) is 3.42. The molecule has 0 saturated heterocycles. The lowest BCUT2D eigenvalue weighted by atomic mass is 9.81. The van der Waals surface area contributed by atoms with E-state index in [9.17, 15) is 4.79 Å². The zero-order chi connectivity index (χ0) is 9.07. The lowest BCUT2D eigenvalue weighted by Crippen LogP contribution is -2.19. The van der Waals surface area contributed by atoms with Gasteiger partial charge >= 0.3 is 5.97 Å². The number of rotatable bonds is 4. The first-order chi connectivity index (χ1) is 4.91. The summed E-state index contributed by atoms with van der Waals surface area (Å²) in [6.45, 7) is 9.40. The molecule has 11 heavy (non-hydrogen) atoms. The van der Waals surface area contributed by atoms with E-state index in [-0.39, 0.29) is 5.41 Å². The third-order valence-corrected chi connectivity index (χ3v) is 1.95. The fourth-order valence-electron chi connectivity index (χ4n) is 1.07. The molecule has 0 fully saturated rings. The predicted octanol–water partition coefficient (Wildman–Crippen LogP) is 2.45. The smallest absolute Gasteiger partial charge is 0.331 e. The Labute approximate surface area is 67.9 Å². The Morgan fingerprint density at radius 2 is 2.00 bits per heavy atom. The minimum atomic E-state index is -0.886. The molecule has 0 spiro atoms. The summed E-state index contributed by atoms with van der Waals surface area (Å²) in [6, 6.07) is 0. The first-order valence-corrected chi connectivity index (χ1v) is 3.84. The van der Waals surface area contributed by atoms with Crippen molar-refractivity contribution in [3.63, 3.8) is 0 Å². The largest absolute Gasteiger partial charge is 0.478 e. The SMILES string of the molecule is C=C(C(=O)O)C(C)(C)CCC. The average molecular weight is 156 g/mol. The molecule has 0 rings (SSSR count). The second kappa shape index (κ2) is 3.56. The van der Waals surface area contributed by atoms with Crippen LogP contribution in [0.5, 0.6) is 0 Å². The molecular weight excluding hydrogens is 140 g/mol. The molecule has 0 aliphatic carbocycles. The highest BCUT2D eigenvalue weighted by Crippen LogP contribution is 2.30. The maximum Gasteiger partial charge on any atom is 0.331 e. The number of carboxylic acids is 1. The Balaban J connectivity index is 4.29. The third-order valence-electron chi connectivity index (χ3n) is 1.95. The monoisotopic (exact) mass is 156 g/mol. The molecule has 0 aliphatic heterocycles. The first-order valence-electron chi connectivity index (χ1n) is 3.84. The fraction of sp³-hybridized carbons (Fsp3) is 0.667. The summed E-state index contributed by atoms with van der Waals surface area (Å²) in [6.07, 6.45) is 1.86. The molecule has 0 unspecified atom stereocenters. The summed E-state index contributed by atoms with van der Waals surface area (Å²) in [5.41, 5.74) is 0.0416. The molecule has 64 valence electrons. The topological polar surface area (TPSA) is 37.3 Å². The number of hydrogen-bond acceptors (Lipinski definition) is 1. The highest BCUT2D eigenvalue weighted by Gasteiger charge is 2.25. The molecule has 0 atom stereocenters. The molecule has 0 aliphatic rings. The van der Waals surface area contributed by atoms with Gasteiger partial charge in [-0.05, 0) is 11.8 Å². The number of carbonyl (C=O) groups is 1. The van der Waals surface area contributed by atoms with Crippen LogP contribution in [-0.2, 0) is 4.79 Å². The summed E-state index contributed by atoms with van der Waals surface area (Å²) >= 11 is 0. The molecule has 0 heterocycles. The van der Waals surface area contributed by atoms with E-state index in [2.05, 4.69) is 6.58 Å². The van der Waals surface area contributed by atoms with E-state index in [1.54, 1.807) is 0 Å². The van der Waals surface area contributed by atoms with E-state index in [0.29, 0.717) is 5.57 Å². The van der Waals surface area contributed by atoms with Crippen LogP contribution in [0, 0.1) is 5.41 Å². The average Bonchev–Trinajstić information content (AvgIpc) is 1.86. The Kier molecular flexibility index (Phi) is 3.30. The van der Waals surface area contributed by atoms with Crippen LogP contribution in [0.3, 0.4) is 0 Å². The predicted molar refractivity (Wildman–Crippen MR) is 45.5 cm³/mol. The summed E-state index contributed by atoms with van der Waals surface area (Å²) in [7, 11) is 0. The molecule has 0 saturated carbocycles. The van der Waals surface area contributed by atoms with Gasteiger partial charge in [0.15, 0.2) is 0 Å². The Morgan fingerprint density at radius 1 is 1.55 bits per heavy atom. The molecule has 0 amide bonds. The lowest BCUT2D eigenvalue weighted by Gasteiger charge is -2.23. The van der Waals surface area contributed by atoms with Crippen LogP contribution in [0.4, 0.5) is 0 Å². The lowest BCUT2D eigenvalue weighted by molar-refractivity contribution is -0.133. The molecule has 0 aromatic carbocycles. The second-order valence-electron chi connectivity index (χ2n) is 3.42. The molecule has 0 aromatic rings. The number of hydrogen-bond donors (Lipinski definition) is 1. The van der Waals surface area contributed by atoms with Gasteiger partial charge in [0.2, 0.25) is 0 Å². The van der Waals surface area contributed by atoms with Gasteiger partial charge in [-0.15, -0.1) is 0 Å². The third kappa shape index (κ3) is 2.74. The van der Waals surface area contributed by atoms with Crippen molar-refractivity contribution in [1.29, 1.82) is 0 Å². The van der Waals surface area contributed by atoms with Crippen LogP contribution in [0.1, 0.15) is 33.6 Å². The van der Waals surface area contributed by atoms with Crippen molar-refractivity contribution >= 4 is 5.97 Å². The van der Waals surface area contributed by atoms with E-state index in [4.69, 9.17) is 5.11 Å². The number of aliphatic carboxylic acids is 1. The van der Waals surface area contributed by atoms with Gasteiger partial charge in [-0.25, -0.2) is 4.79 Å². The summed E-state index contributed by atoms with van der Waals surface area (Å²) in [5, 5.41) is 8.64. The fourth-order valence-corrected chi connectivity index (χ4v) is 1.07. The van der Waals surface area contributed by atoms with Crippen molar-refractivity contribution in [3.8, 4) is 0 Å². The van der Waals surface area contributed by atoms with Crippen molar-refractivity contribution in [3.05, 3.63) is 12.2 Å². The molecule has 0 radical (unpaired) electrons. The maximum absolute atomic E-state index is 10.5. The molecule has 2 heteroatoms. The van der Waals surface area contributed by atoms with E-state index in [1.807, 2.05) is 20.8 Å². The van der Waals surface area contributed by atoms with Gasteiger partial charge < -0.3 is 5.11 Å².